The molecule has 0 aliphatic carbocycles. The second-order valence-electron chi connectivity index (χ2n) is 4.38. The number of halogens is 2. The van der Waals surface area contributed by atoms with E-state index in [0.717, 1.165) is 9.99 Å². The van der Waals surface area contributed by atoms with E-state index < -0.39 is 0 Å². The van der Waals surface area contributed by atoms with Gasteiger partial charge in [0.2, 0.25) is 5.91 Å². The zero-order chi connectivity index (χ0) is 12.8. The summed E-state index contributed by atoms with van der Waals surface area (Å²) >= 11 is 8.18. The van der Waals surface area contributed by atoms with Crippen LogP contribution in [0.1, 0.15) is 19.4 Å². The molecule has 0 fully saturated rings. The first-order valence-corrected chi connectivity index (χ1v) is 7.53. The SMILES string of the molecule is CC(C)C(CI)NC(=O)Cc1cccc(Cl)c1. The van der Waals surface area contributed by atoms with Gasteiger partial charge in [-0.25, -0.2) is 0 Å². The maximum absolute atomic E-state index is 11.8. The maximum Gasteiger partial charge on any atom is 0.224 e. The smallest absolute Gasteiger partial charge is 0.224 e. The van der Waals surface area contributed by atoms with Crippen molar-refractivity contribution in [1.29, 1.82) is 0 Å². The maximum atomic E-state index is 11.8. The summed E-state index contributed by atoms with van der Waals surface area (Å²) in [6, 6.07) is 7.66. The van der Waals surface area contributed by atoms with Crippen molar-refractivity contribution in [2.45, 2.75) is 26.3 Å². The lowest BCUT2D eigenvalue weighted by Gasteiger charge is -2.19. The van der Waals surface area contributed by atoms with Crippen molar-refractivity contribution in [3.8, 4) is 0 Å². The van der Waals surface area contributed by atoms with Crippen molar-refractivity contribution < 1.29 is 4.79 Å². The Labute approximate surface area is 121 Å². The Balaban J connectivity index is 2.55. The molecule has 1 aromatic carbocycles. The molecule has 0 aliphatic heterocycles. The normalized spacial score (nSPS) is 12.5. The van der Waals surface area contributed by atoms with Crippen molar-refractivity contribution in [1.82, 2.24) is 5.32 Å². The molecule has 4 heteroatoms. The molecule has 1 amide bonds. The molecule has 1 unspecified atom stereocenters. The van der Waals surface area contributed by atoms with Gasteiger partial charge in [-0.05, 0) is 23.6 Å². The molecule has 0 saturated heterocycles. The van der Waals surface area contributed by atoms with E-state index in [2.05, 4.69) is 41.8 Å². The topological polar surface area (TPSA) is 29.1 Å². The van der Waals surface area contributed by atoms with Gasteiger partial charge >= 0.3 is 0 Å². The Bertz CT molecular complexity index is 381. The molecule has 0 saturated carbocycles. The third-order valence-corrected chi connectivity index (χ3v) is 3.76. The first kappa shape index (κ1) is 14.8. The molecular weight excluding hydrogens is 349 g/mol. The van der Waals surface area contributed by atoms with Crippen LogP contribution in [0.5, 0.6) is 0 Å². The average molecular weight is 366 g/mol. The predicted molar refractivity (Wildman–Crippen MR) is 80.8 cm³/mol. The van der Waals surface area contributed by atoms with Gasteiger partial charge in [-0.15, -0.1) is 0 Å². The fraction of sp³-hybridized carbons (Fsp3) is 0.462. The lowest BCUT2D eigenvalue weighted by Crippen LogP contribution is -2.40. The number of rotatable bonds is 5. The van der Waals surface area contributed by atoms with Gasteiger partial charge in [-0.3, -0.25) is 4.79 Å². The van der Waals surface area contributed by atoms with Gasteiger partial charge in [-0.1, -0.05) is 60.2 Å². The molecule has 0 aromatic heterocycles. The summed E-state index contributed by atoms with van der Waals surface area (Å²) in [5.74, 6) is 0.512. The van der Waals surface area contributed by atoms with E-state index in [4.69, 9.17) is 11.6 Å². The van der Waals surface area contributed by atoms with Crippen molar-refractivity contribution in [2.75, 3.05) is 4.43 Å². The molecule has 94 valence electrons. The number of benzene rings is 1. The fourth-order valence-corrected chi connectivity index (χ4v) is 2.92. The molecule has 0 aliphatic rings. The van der Waals surface area contributed by atoms with Gasteiger partial charge in [0.1, 0.15) is 0 Å². The quantitative estimate of drug-likeness (QED) is 0.628. The largest absolute Gasteiger partial charge is 0.352 e. The molecule has 17 heavy (non-hydrogen) atoms. The van der Waals surface area contributed by atoms with Gasteiger partial charge in [0.25, 0.3) is 0 Å². The summed E-state index contributed by atoms with van der Waals surface area (Å²) in [6.45, 7) is 4.23. The summed E-state index contributed by atoms with van der Waals surface area (Å²) in [4.78, 5) is 11.8. The zero-order valence-electron chi connectivity index (χ0n) is 10.0. The standard InChI is InChI=1S/C13H17ClINO/c1-9(2)12(8-15)16-13(17)7-10-4-3-5-11(14)6-10/h3-6,9,12H,7-8H2,1-2H3,(H,16,17). The Kier molecular flexibility index (Phi) is 6.27. The molecule has 2 nitrogen and oxygen atoms in total. The van der Waals surface area contributed by atoms with Gasteiger partial charge in [0, 0.05) is 15.5 Å². The van der Waals surface area contributed by atoms with E-state index in [9.17, 15) is 4.79 Å². The van der Waals surface area contributed by atoms with Crippen molar-refractivity contribution >= 4 is 40.1 Å². The Morgan fingerprint density at radius 1 is 1.47 bits per heavy atom. The average Bonchev–Trinajstić information content (AvgIpc) is 2.25. The van der Waals surface area contributed by atoms with E-state index in [1.165, 1.54) is 0 Å². The minimum absolute atomic E-state index is 0.0580. The van der Waals surface area contributed by atoms with E-state index in [1.54, 1.807) is 0 Å². The van der Waals surface area contributed by atoms with Crippen LogP contribution in [0, 0.1) is 5.92 Å². The lowest BCUT2D eigenvalue weighted by molar-refractivity contribution is -0.121. The van der Waals surface area contributed by atoms with Crippen LogP contribution in [0.4, 0.5) is 0 Å². The summed E-state index contributed by atoms with van der Waals surface area (Å²) in [5, 5.41) is 3.72. The number of nitrogens with one attached hydrogen (secondary N) is 1. The summed E-state index contributed by atoms with van der Waals surface area (Å²) < 4.78 is 0.927. The molecule has 0 spiro atoms. The van der Waals surface area contributed by atoms with E-state index in [-0.39, 0.29) is 11.9 Å². The van der Waals surface area contributed by atoms with Gasteiger partial charge in [-0.2, -0.15) is 0 Å². The Hall–Kier alpha value is -0.290. The molecule has 1 rings (SSSR count). The van der Waals surface area contributed by atoms with Crippen LogP contribution < -0.4 is 5.32 Å². The van der Waals surface area contributed by atoms with E-state index >= 15 is 0 Å². The van der Waals surface area contributed by atoms with Crippen molar-refractivity contribution in [3.63, 3.8) is 0 Å². The summed E-state index contributed by atoms with van der Waals surface area (Å²) in [6.07, 6.45) is 0.389. The van der Waals surface area contributed by atoms with Crippen LogP contribution in [0.15, 0.2) is 24.3 Å². The fourth-order valence-electron chi connectivity index (χ4n) is 1.47. The highest BCUT2D eigenvalue weighted by Crippen LogP contribution is 2.11. The highest BCUT2D eigenvalue weighted by atomic mass is 127. The minimum Gasteiger partial charge on any atom is -0.352 e. The Morgan fingerprint density at radius 3 is 2.71 bits per heavy atom. The monoisotopic (exact) mass is 365 g/mol. The molecular formula is C13H17ClINO. The van der Waals surface area contributed by atoms with E-state index in [0.29, 0.717) is 17.4 Å². The molecule has 1 aromatic rings. The number of hydrogen-bond acceptors (Lipinski definition) is 1. The number of hydrogen-bond donors (Lipinski definition) is 1. The van der Waals surface area contributed by atoms with Gasteiger partial charge in [0.05, 0.1) is 6.42 Å². The Morgan fingerprint density at radius 2 is 2.18 bits per heavy atom. The number of carbonyl (C=O) groups is 1. The summed E-state index contributed by atoms with van der Waals surface area (Å²) in [5.41, 5.74) is 0.950. The molecule has 0 radical (unpaired) electrons. The predicted octanol–water partition coefficient (Wildman–Crippen LogP) is 3.46. The zero-order valence-corrected chi connectivity index (χ0v) is 13.0. The van der Waals surface area contributed by atoms with Gasteiger partial charge in [0.15, 0.2) is 0 Å². The highest BCUT2D eigenvalue weighted by Gasteiger charge is 2.14. The summed E-state index contributed by atoms with van der Waals surface area (Å²) in [7, 11) is 0. The molecule has 1 atom stereocenters. The third kappa shape index (κ3) is 5.25. The van der Waals surface area contributed by atoms with E-state index in [1.807, 2.05) is 24.3 Å². The van der Waals surface area contributed by atoms with Crippen LogP contribution in [0.25, 0.3) is 0 Å². The third-order valence-electron chi connectivity index (χ3n) is 2.57. The van der Waals surface area contributed by atoms with Crippen LogP contribution in [-0.4, -0.2) is 16.4 Å². The van der Waals surface area contributed by atoms with Crippen LogP contribution >= 0.6 is 34.2 Å². The number of amides is 1. The molecule has 0 bridgehead atoms. The first-order chi connectivity index (χ1) is 8.02. The second-order valence-corrected chi connectivity index (χ2v) is 5.70. The van der Waals surface area contributed by atoms with Crippen LogP contribution in [-0.2, 0) is 11.2 Å². The number of carbonyl (C=O) groups excluding carboxylic acids is 1. The van der Waals surface area contributed by atoms with Crippen LogP contribution in [0.3, 0.4) is 0 Å². The highest BCUT2D eigenvalue weighted by molar-refractivity contribution is 14.1. The lowest BCUT2D eigenvalue weighted by atomic mass is 10.1. The first-order valence-electron chi connectivity index (χ1n) is 5.62. The minimum atomic E-state index is 0.0580. The van der Waals surface area contributed by atoms with Crippen LogP contribution in [0.2, 0.25) is 5.02 Å². The van der Waals surface area contributed by atoms with Crippen molar-refractivity contribution in [2.24, 2.45) is 5.92 Å². The molecule has 0 heterocycles. The van der Waals surface area contributed by atoms with Gasteiger partial charge < -0.3 is 5.32 Å². The number of alkyl halides is 1. The molecule has 1 N–H and O–H groups in total. The second kappa shape index (κ2) is 7.21. The van der Waals surface area contributed by atoms with Crippen molar-refractivity contribution in [3.05, 3.63) is 34.9 Å².